The van der Waals surface area contributed by atoms with E-state index in [2.05, 4.69) is 16.0 Å². The molecular formula is C22H22ClN3O7. The second-order valence-electron chi connectivity index (χ2n) is 7.00. The Morgan fingerprint density at radius 1 is 1.06 bits per heavy atom. The first-order valence-electron chi connectivity index (χ1n) is 9.99. The molecule has 0 unspecified atom stereocenters. The number of carbonyl (C=O) groups excluding carboxylic acids is 4. The van der Waals surface area contributed by atoms with Gasteiger partial charge in [-0.2, -0.15) is 0 Å². The number of imide groups is 1. The summed E-state index contributed by atoms with van der Waals surface area (Å²) in [7, 11) is 0. The Kier molecular flexibility index (Phi) is 8.09. The summed E-state index contributed by atoms with van der Waals surface area (Å²) in [6.45, 7) is 1.47. The Hall–Kier alpha value is -3.79. The first-order valence-corrected chi connectivity index (χ1v) is 10.4. The minimum Gasteiger partial charge on any atom is -0.486 e. The van der Waals surface area contributed by atoms with Crippen molar-refractivity contribution in [2.75, 3.05) is 25.1 Å². The van der Waals surface area contributed by atoms with Gasteiger partial charge in [0.25, 0.3) is 5.91 Å². The molecule has 0 saturated carbocycles. The highest BCUT2D eigenvalue weighted by Crippen LogP contribution is 2.32. The van der Waals surface area contributed by atoms with E-state index in [0.29, 0.717) is 41.0 Å². The molecule has 2 aromatic rings. The molecule has 11 heteroatoms. The predicted molar refractivity (Wildman–Crippen MR) is 118 cm³/mol. The van der Waals surface area contributed by atoms with Crippen LogP contribution in [0, 0.1) is 0 Å². The molecule has 0 aromatic heterocycles. The molecule has 10 nitrogen and oxygen atoms in total. The molecule has 0 saturated heterocycles. The molecule has 0 aliphatic carbocycles. The van der Waals surface area contributed by atoms with Crippen molar-refractivity contribution in [3.05, 3.63) is 53.1 Å². The van der Waals surface area contributed by atoms with Gasteiger partial charge in [-0.3, -0.25) is 19.7 Å². The summed E-state index contributed by atoms with van der Waals surface area (Å²) in [4.78, 5) is 47.7. The first kappa shape index (κ1) is 23.9. The van der Waals surface area contributed by atoms with E-state index in [1.807, 2.05) is 0 Å². The van der Waals surface area contributed by atoms with Crippen LogP contribution in [0.3, 0.4) is 0 Å². The third-order valence-corrected chi connectivity index (χ3v) is 4.79. The standard InChI is InChI=1S/C22H22ClN3O7/c1-13(27)24-17(15-4-2-3-5-16(15)23)11-21(29)33-12-20(28)26-22(30)25-14-6-7-18-19(10-14)32-9-8-31-18/h2-7,10,17H,8-9,11-12H2,1H3,(H,24,27)(H2,25,26,28,30)/t17-/m1/s1. The molecule has 0 fully saturated rings. The van der Waals surface area contributed by atoms with Gasteiger partial charge in [-0.1, -0.05) is 29.8 Å². The number of nitrogens with one attached hydrogen (secondary N) is 3. The Morgan fingerprint density at radius 3 is 2.52 bits per heavy atom. The van der Waals surface area contributed by atoms with Crippen molar-refractivity contribution in [3.63, 3.8) is 0 Å². The number of rotatable bonds is 7. The maximum Gasteiger partial charge on any atom is 0.325 e. The van der Waals surface area contributed by atoms with E-state index in [1.165, 1.54) is 6.92 Å². The normalized spacial score (nSPS) is 12.8. The van der Waals surface area contributed by atoms with E-state index in [1.54, 1.807) is 42.5 Å². The zero-order chi connectivity index (χ0) is 23.8. The van der Waals surface area contributed by atoms with E-state index in [-0.39, 0.29) is 12.3 Å². The molecule has 3 N–H and O–H groups in total. The number of hydrogen-bond acceptors (Lipinski definition) is 7. The van der Waals surface area contributed by atoms with Crippen molar-refractivity contribution in [3.8, 4) is 11.5 Å². The molecule has 0 spiro atoms. The smallest absolute Gasteiger partial charge is 0.325 e. The van der Waals surface area contributed by atoms with E-state index >= 15 is 0 Å². The van der Waals surface area contributed by atoms with Gasteiger partial charge in [-0.15, -0.1) is 0 Å². The third kappa shape index (κ3) is 7.11. The number of carbonyl (C=O) groups is 4. The first-order chi connectivity index (χ1) is 15.8. The van der Waals surface area contributed by atoms with Crippen LogP contribution < -0.4 is 25.4 Å². The summed E-state index contributed by atoms with van der Waals surface area (Å²) < 4.78 is 15.8. The number of anilines is 1. The van der Waals surface area contributed by atoms with Crippen LogP contribution in [0.5, 0.6) is 11.5 Å². The summed E-state index contributed by atoms with van der Waals surface area (Å²) in [5.74, 6) is -0.902. The number of halogens is 1. The highest BCUT2D eigenvalue weighted by Gasteiger charge is 2.21. The monoisotopic (exact) mass is 475 g/mol. The van der Waals surface area contributed by atoms with Gasteiger partial charge in [-0.25, -0.2) is 4.79 Å². The average molecular weight is 476 g/mol. The van der Waals surface area contributed by atoms with E-state index in [0.717, 1.165) is 0 Å². The highest BCUT2D eigenvalue weighted by atomic mass is 35.5. The Bertz CT molecular complexity index is 1060. The molecule has 174 valence electrons. The number of urea groups is 1. The quantitative estimate of drug-likeness (QED) is 0.524. The SMILES string of the molecule is CC(=O)N[C@H](CC(=O)OCC(=O)NC(=O)Nc1ccc2c(c1)OCCO2)c1ccccc1Cl. The molecule has 0 bridgehead atoms. The fourth-order valence-electron chi connectivity index (χ4n) is 3.06. The Morgan fingerprint density at radius 2 is 1.79 bits per heavy atom. The molecule has 1 aliphatic rings. The summed E-state index contributed by atoms with van der Waals surface area (Å²) in [6.07, 6.45) is -0.250. The molecule has 1 aliphatic heterocycles. The van der Waals surface area contributed by atoms with Gasteiger partial charge in [0.1, 0.15) is 13.2 Å². The largest absolute Gasteiger partial charge is 0.486 e. The Labute approximate surface area is 194 Å². The van der Waals surface area contributed by atoms with Crippen LogP contribution in [-0.2, 0) is 19.1 Å². The van der Waals surface area contributed by atoms with Crippen LogP contribution in [0.25, 0.3) is 0 Å². The number of fused-ring (bicyclic) bond motifs is 1. The minimum absolute atomic E-state index is 0.250. The predicted octanol–water partition coefficient (Wildman–Crippen LogP) is 2.57. The van der Waals surface area contributed by atoms with Gasteiger partial charge in [0, 0.05) is 23.7 Å². The van der Waals surface area contributed by atoms with Crippen molar-refractivity contribution in [2.45, 2.75) is 19.4 Å². The van der Waals surface area contributed by atoms with E-state index in [9.17, 15) is 19.2 Å². The highest BCUT2D eigenvalue weighted by molar-refractivity contribution is 6.31. The van der Waals surface area contributed by atoms with Crippen LogP contribution in [-0.4, -0.2) is 43.6 Å². The van der Waals surface area contributed by atoms with Gasteiger partial charge in [0.15, 0.2) is 18.1 Å². The summed E-state index contributed by atoms with van der Waals surface area (Å²) in [6, 6.07) is 9.99. The summed E-state index contributed by atoms with van der Waals surface area (Å²) >= 11 is 6.15. The second kappa shape index (κ2) is 11.2. The molecule has 1 heterocycles. The molecule has 4 amide bonds. The molecule has 1 atom stereocenters. The van der Waals surface area contributed by atoms with E-state index < -0.39 is 30.6 Å². The third-order valence-electron chi connectivity index (χ3n) is 4.45. The number of esters is 1. The van der Waals surface area contributed by atoms with Gasteiger partial charge >= 0.3 is 12.0 Å². The van der Waals surface area contributed by atoms with Crippen molar-refractivity contribution in [2.24, 2.45) is 0 Å². The van der Waals surface area contributed by atoms with Crippen LogP contribution in [0.15, 0.2) is 42.5 Å². The Balaban J connectivity index is 1.48. The molecule has 3 rings (SSSR count). The van der Waals surface area contributed by atoms with Crippen LogP contribution in [0.2, 0.25) is 5.02 Å². The van der Waals surface area contributed by atoms with Gasteiger partial charge in [0.2, 0.25) is 5.91 Å². The van der Waals surface area contributed by atoms with Gasteiger partial charge in [0.05, 0.1) is 12.5 Å². The number of hydrogen-bond donors (Lipinski definition) is 3. The molecule has 2 aromatic carbocycles. The van der Waals surface area contributed by atoms with Crippen molar-refractivity contribution >= 4 is 41.1 Å². The van der Waals surface area contributed by atoms with Gasteiger partial charge in [-0.05, 0) is 23.8 Å². The molecule has 0 radical (unpaired) electrons. The fourth-order valence-corrected chi connectivity index (χ4v) is 3.33. The minimum atomic E-state index is -0.827. The topological polar surface area (TPSA) is 132 Å². The number of ether oxygens (including phenoxy) is 3. The zero-order valence-electron chi connectivity index (χ0n) is 17.7. The molecule has 33 heavy (non-hydrogen) atoms. The van der Waals surface area contributed by atoms with Gasteiger partial charge < -0.3 is 24.8 Å². The average Bonchev–Trinajstić information content (AvgIpc) is 2.77. The maximum atomic E-state index is 12.2. The lowest BCUT2D eigenvalue weighted by Gasteiger charge is -2.19. The fraction of sp³-hybridized carbons (Fsp3) is 0.273. The summed E-state index contributed by atoms with van der Waals surface area (Å²) in [5, 5.41) is 7.55. The number of amides is 4. The zero-order valence-corrected chi connectivity index (χ0v) is 18.4. The molecular weight excluding hydrogens is 454 g/mol. The lowest BCUT2D eigenvalue weighted by atomic mass is 10.0. The van der Waals surface area contributed by atoms with Crippen LogP contribution in [0.4, 0.5) is 10.5 Å². The number of benzene rings is 2. The van der Waals surface area contributed by atoms with Crippen molar-refractivity contribution < 1.29 is 33.4 Å². The summed E-state index contributed by atoms with van der Waals surface area (Å²) in [5.41, 5.74) is 0.925. The van der Waals surface area contributed by atoms with Crippen molar-refractivity contribution in [1.29, 1.82) is 0 Å². The maximum absolute atomic E-state index is 12.2. The lowest BCUT2D eigenvalue weighted by molar-refractivity contribution is -0.148. The second-order valence-corrected chi connectivity index (χ2v) is 7.41. The van der Waals surface area contributed by atoms with Crippen LogP contribution >= 0.6 is 11.6 Å². The van der Waals surface area contributed by atoms with E-state index in [4.69, 9.17) is 25.8 Å². The lowest BCUT2D eigenvalue weighted by Crippen LogP contribution is -2.37. The van der Waals surface area contributed by atoms with Crippen LogP contribution in [0.1, 0.15) is 24.9 Å². The van der Waals surface area contributed by atoms with Crippen molar-refractivity contribution in [1.82, 2.24) is 10.6 Å².